The molecule has 0 atom stereocenters. The van der Waals surface area contributed by atoms with E-state index < -0.39 is 16.6 Å². The minimum atomic E-state index is -0.496. The van der Waals surface area contributed by atoms with Gasteiger partial charge in [0.1, 0.15) is 11.6 Å². The monoisotopic (exact) mass is 352 g/mol. The van der Waals surface area contributed by atoms with Crippen molar-refractivity contribution in [3.8, 4) is 11.3 Å². The average molecular weight is 352 g/mol. The van der Waals surface area contributed by atoms with Crippen LogP contribution in [0.1, 0.15) is 16.1 Å². The standard InChI is InChI=1S/C19H13FN2O4/c20-15-4-2-1-3-14(15)17-7-8-18(26-17)19(23)21-10-9-12-5-6-13(22(24)25)11-16(12)21/h1-8,11H,9-10H2. The molecule has 0 saturated carbocycles. The van der Waals surface area contributed by atoms with Gasteiger partial charge in [-0.1, -0.05) is 18.2 Å². The molecule has 6 nitrogen and oxygen atoms in total. The van der Waals surface area contributed by atoms with Gasteiger partial charge in [-0.2, -0.15) is 0 Å². The normalized spacial score (nSPS) is 12.9. The number of benzene rings is 2. The van der Waals surface area contributed by atoms with Crippen LogP contribution in [-0.4, -0.2) is 17.4 Å². The highest BCUT2D eigenvalue weighted by molar-refractivity contribution is 6.06. The molecule has 1 aliphatic heterocycles. The zero-order valence-electron chi connectivity index (χ0n) is 13.5. The number of amides is 1. The molecular formula is C19H13FN2O4. The molecule has 1 amide bonds. The van der Waals surface area contributed by atoms with Gasteiger partial charge in [0.05, 0.1) is 16.2 Å². The maximum absolute atomic E-state index is 13.9. The molecule has 0 unspecified atom stereocenters. The lowest BCUT2D eigenvalue weighted by Gasteiger charge is -2.15. The number of nitro benzene ring substituents is 1. The Morgan fingerprint density at radius 1 is 1.15 bits per heavy atom. The second kappa shape index (κ2) is 6.11. The van der Waals surface area contributed by atoms with Crippen molar-refractivity contribution in [3.05, 3.63) is 81.9 Å². The largest absolute Gasteiger partial charge is 0.451 e. The summed E-state index contributed by atoms with van der Waals surface area (Å²) in [5, 5.41) is 11.0. The van der Waals surface area contributed by atoms with Crippen LogP contribution in [0.4, 0.5) is 15.8 Å². The number of rotatable bonds is 3. The van der Waals surface area contributed by atoms with Crippen molar-refractivity contribution in [2.75, 3.05) is 11.4 Å². The first kappa shape index (κ1) is 16.0. The summed E-state index contributed by atoms with van der Waals surface area (Å²) in [5.41, 5.74) is 1.57. The molecule has 1 aromatic heterocycles. The van der Waals surface area contributed by atoms with E-state index in [9.17, 15) is 19.3 Å². The van der Waals surface area contributed by atoms with Crippen molar-refractivity contribution >= 4 is 17.3 Å². The highest BCUT2D eigenvalue weighted by Crippen LogP contribution is 2.33. The summed E-state index contributed by atoms with van der Waals surface area (Å²) in [5.74, 6) is -0.539. The van der Waals surface area contributed by atoms with Crippen molar-refractivity contribution in [2.24, 2.45) is 0 Å². The number of carbonyl (C=O) groups excluding carboxylic acids is 1. The van der Waals surface area contributed by atoms with Crippen LogP contribution in [0, 0.1) is 15.9 Å². The number of hydrogen-bond acceptors (Lipinski definition) is 4. The number of anilines is 1. The fourth-order valence-electron chi connectivity index (χ4n) is 3.08. The predicted molar refractivity (Wildman–Crippen MR) is 92.6 cm³/mol. The van der Waals surface area contributed by atoms with Crippen LogP contribution in [0.25, 0.3) is 11.3 Å². The number of furan rings is 1. The van der Waals surface area contributed by atoms with Crippen LogP contribution in [0.15, 0.2) is 59.0 Å². The van der Waals surface area contributed by atoms with E-state index in [2.05, 4.69) is 0 Å². The first-order chi connectivity index (χ1) is 12.5. The van der Waals surface area contributed by atoms with Crippen molar-refractivity contribution < 1.29 is 18.5 Å². The fraction of sp³-hybridized carbons (Fsp3) is 0.105. The van der Waals surface area contributed by atoms with E-state index in [1.807, 2.05) is 0 Å². The Labute approximate surface area is 147 Å². The van der Waals surface area contributed by atoms with Crippen molar-refractivity contribution in [1.82, 2.24) is 0 Å². The highest BCUT2D eigenvalue weighted by atomic mass is 19.1. The first-order valence-electron chi connectivity index (χ1n) is 7.98. The lowest BCUT2D eigenvalue weighted by Crippen LogP contribution is -2.28. The quantitative estimate of drug-likeness (QED) is 0.523. The first-order valence-corrected chi connectivity index (χ1v) is 7.98. The van der Waals surface area contributed by atoms with Crippen molar-refractivity contribution in [1.29, 1.82) is 0 Å². The molecule has 0 radical (unpaired) electrons. The number of carbonyl (C=O) groups is 1. The van der Waals surface area contributed by atoms with E-state index in [0.29, 0.717) is 18.7 Å². The molecule has 7 heteroatoms. The summed E-state index contributed by atoms with van der Waals surface area (Å²) in [6, 6.07) is 13.6. The number of nitro groups is 1. The van der Waals surface area contributed by atoms with Gasteiger partial charge in [0.2, 0.25) is 0 Å². The zero-order valence-corrected chi connectivity index (χ0v) is 13.5. The summed E-state index contributed by atoms with van der Waals surface area (Å²) in [6.45, 7) is 0.408. The van der Waals surface area contributed by atoms with Crippen LogP contribution in [0.2, 0.25) is 0 Å². The molecular weight excluding hydrogens is 339 g/mol. The Hall–Kier alpha value is -3.48. The number of hydrogen-bond donors (Lipinski definition) is 0. The Morgan fingerprint density at radius 2 is 1.96 bits per heavy atom. The Morgan fingerprint density at radius 3 is 2.73 bits per heavy atom. The van der Waals surface area contributed by atoms with E-state index in [0.717, 1.165) is 5.56 Å². The molecule has 26 heavy (non-hydrogen) atoms. The molecule has 0 aliphatic carbocycles. The van der Waals surface area contributed by atoms with Gasteiger partial charge in [0.15, 0.2) is 5.76 Å². The molecule has 0 saturated heterocycles. The van der Waals surface area contributed by atoms with Crippen LogP contribution >= 0.6 is 0 Å². The lowest BCUT2D eigenvalue weighted by atomic mass is 10.1. The second-order valence-corrected chi connectivity index (χ2v) is 5.92. The van der Waals surface area contributed by atoms with Gasteiger partial charge in [-0.15, -0.1) is 0 Å². The second-order valence-electron chi connectivity index (χ2n) is 5.92. The van der Waals surface area contributed by atoms with E-state index in [1.165, 1.54) is 35.2 Å². The van der Waals surface area contributed by atoms with Gasteiger partial charge in [0.25, 0.3) is 11.6 Å². The third-order valence-corrected chi connectivity index (χ3v) is 4.38. The Balaban J connectivity index is 1.66. The molecule has 0 bridgehead atoms. The maximum atomic E-state index is 13.9. The van der Waals surface area contributed by atoms with Gasteiger partial charge in [-0.25, -0.2) is 4.39 Å². The number of halogens is 1. The van der Waals surface area contributed by atoms with E-state index in [1.54, 1.807) is 24.3 Å². The van der Waals surface area contributed by atoms with Gasteiger partial charge in [-0.3, -0.25) is 14.9 Å². The van der Waals surface area contributed by atoms with Crippen LogP contribution < -0.4 is 4.90 Å². The Kier molecular flexibility index (Phi) is 3.76. The number of nitrogens with zero attached hydrogens (tertiary/aromatic N) is 2. The zero-order chi connectivity index (χ0) is 18.3. The SMILES string of the molecule is O=C(c1ccc(-c2ccccc2F)o1)N1CCc2ccc([N+](=O)[O-])cc21. The highest BCUT2D eigenvalue weighted by Gasteiger charge is 2.29. The summed E-state index contributed by atoms with van der Waals surface area (Å²) < 4.78 is 19.4. The van der Waals surface area contributed by atoms with Gasteiger partial charge in [0, 0.05) is 18.7 Å². The molecule has 3 aromatic rings. The van der Waals surface area contributed by atoms with Crippen LogP contribution in [0.3, 0.4) is 0 Å². The molecule has 2 heterocycles. The molecule has 0 N–H and O–H groups in total. The summed E-state index contributed by atoms with van der Waals surface area (Å²) >= 11 is 0. The summed E-state index contributed by atoms with van der Waals surface area (Å²) in [6.07, 6.45) is 0.611. The third kappa shape index (κ3) is 2.63. The van der Waals surface area contributed by atoms with Crippen LogP contribution in [-0.2, 0) is 6.42 Å². The van der Waals surface area contributed by atoms with E-state index >= 15 is 0 Å². The van der Waals surface area contributed by atoms with Crippen molar-refractivity contribution in [3.63, 3.8) is 0 Å². The molecule has 2 aromatic carbocycles. The van der Waals surface area contributed by atoms with E-state index in [-0.39, 0.29) is 22.8 Å². The van der Waals surface area contributed by atoms with E-state index in [4.69, 9.17) is 4.42 Å². The minimum absolute atomic E-state index is 0.0580. The summed E-state index contributed by atoms with van der Waals surface area (Å²) in [7, 11) is 0. The molecule has 130 valence electrons. The summed E-state index contributed by atoms with van der Waals surface area (Å²) in [4.78, 5) is 24.7. The molecule has 0 fully saturated rings. The number of fused-ring (bicyclic) bond motifs is 1. The van der Waals surface area contributed by atoms with Gasteiger partial charge < -0.3 is 9.32 Å². The smallest absolute Gasteiger partial charge is 0.294 e. The van der Waals surface area contributed by atoms with Crippen LogP contribution in [0.5, 0.6) is 0 Å². The van der Waals surface area contributed by atoms with Crippen molar-refractivity contribution in [2.45, 2.75) is 6.42 Å². The fourth-order valence-corrected chi connectivity index (χ4v) is 3.08. The molecule has 1 aliphatic rings. The lowest BCUT2D eigenvalue weighted by molar-refractivity contribution is -0.384. The number of non-ortho nitro benzene ring substituents is 1. The topological polar surface area (TPSA) is 76.6 Å². The maximum Gasteiger partial charge on any atom is 0.294 e. The third-order valence-electron chi connectivity index (χ3n) is 4.38. The molecule has 0 spiro atoms. The minimum Gasteiger partial charge on any atom is -0.451 e. The molecule has 4 rings (SSSR count). The predicted octanol–water partition coefficient (Wildman–Crippen LogP) is 4.20. The van der Waals surface area contributed by atoms with Gasteiger partial charge >= 0.3 is 0 Å². The average Bonchev–Trinajstić information content (AvgIpc) is 3.28. The Bertz CT molecular complexity index is 1030. The van der Waals surface area contributed by atoms with Gasteiger partial charge in [-0.05, 0) is 36.2 Å².